The normalized spacial score (nSPS) is 20.4. The van der Waals surface area contributed by atoms with Crippen molar-refractivity contribution in [3.63, 3.8) is 0 Å². The molecular formula is C21H30N2O4. The number of nitrogens with zero attached hydrogens (tertiary/aromatic N) is 1. The van der Waals surface area contributed by atoms with Crippen molar-refractivity contribution in [3.05, 3.63) is 23.8 Å². The van der Waals surface area contributed by atoms with Gasteiger partial charge in [0.2, 0.25) is 5.91 Å². The number of hydrogen-bond donors (Lipinski definition) is 1. The fourth-order valence-electron chi connectivity index (χ4n) is 3.88. The summed E-state index contributed by atoms with van der Waals surface area (Å²) in [6.07, 6.45) is 7.05. The van der Waals surface area contributed by atoms with Crippen molar-refractivity contribution >= 4 is 11.8 Å². The van der Waals surface area contributed by atoms with Crippen LogP contribution in [0.25, 0.3) is 0 Å². The van der Waals surface area contributed by atoms with Gasteiger partial charge in [-0.2, -0.15) is 0 Å². The quantitative estimate of drug-likeness (QED) is 0.831. The lowest BCUT2D eigenvalue weighted by Gasteiger charge is -2.33. The molecular weight excluding hydrogens is 344 g/mol. The molecule has 1 atom stereocenters. The molecule has 0 aromatic heterocycles. The van der Waals surface area contributed by atoms with E-state index in [1.54, 1.807) is 13.2 Å². The lowest BCUT2D eigenvalue weighted by Crippen LogP contribution is -2.49. The van der Waals surface area contributed by atoms with Gasteiger partial charge in [-0.25, -0.2) is 0 Å². The van der Waals surface area contributed by atoms with Crippen LogP contribution in [0.4, 0.5) is 0 Å². The second-order valence-electron chi connectivity index (χ2n) is 7.40. The molecule has 6 heteroatoms. The molecule has 6 nitrogen and oxygen atoms in total. The third-order valence-electron chi connectivity index (χ3n) is 5.40. The maximum Gasteiger partial charge on any atom is 0.254 e. The van der Waals surface area contributed by atoms with Crippen LogP contribution >= 0.6 is 0 Å². The topological polar surface area (TPSA) is 67.9 Å². The van der Waals surface area contributed by atoms with E-state index < -0.39 is 0 Å². The minimum Gasteiger partial charge on any atom is -0.493 e. The van der Waals surface area contributed by atoms with Gasteiger partial charge in [0.25, 0.3) is 5.91 Å². The Morgan fingerprint density at radius 2 is 1.93 bits per heavy atom. The molecule has 1 aliphatic carbocycles. The summed E-state index contributed by atoms with van der Waals surface area (Å²) >= 11 is 0. The molecule has 0 radical (unpaired) electrons. The first-order chi connectivity index (χ1) is 13.1. The molecule has 1 saturated carbocycles. The van der Waals surface area contributed by atoms with Gasteiger partial charge in [-0.1, -0.05) is 6.92 Å². The van der Waals surface area contributed by atoms with Gasteiger partial charge in [0.1, 0.15) is 0 Å². The molecule has 1 heterocycles. The van der Waals surface area contributed by atoms with Gasteiger partial charge < -0.3 is 19.7 Å². The molecule has 1 aromatic rings. The van der Waals surface area contributed by atoms with E-state index in [9.17, 15) is 9.59 Å². The number of amides is 2. The first-order valence-corrected chi connectivity index (χ1v) is 10.0. The summed E-state index contributed by atoms with van der Waals surface area (Å²) in [6, 6.07) is 5.44. The van der Waals surface area contributed by atoms with Crippen LogP contribution in [0.15, 0.2) is 18.2 Å². The predicted octanol–water partition coefficient (Wildman–Crippen LogP) is 3.15. The zero-order valence-electron chi connectivity index (χ0n) is 16.3. The zero-order valence-corrected chi connectivity index (χ0v) is 16.3. The van der Waals surface area contributed by atoms with E-state index in [1.807, 2.05) is 24.0 Å². The lowest BCUT2D eigenvalue weighted by atomic mass is 10.0. The molecule has 3 rings (SSSR count). The number of carbonyl (C=O) groups is 2. The number of carbonyl (C=O) groups excluding carboxylic acids is 2. The van der Waals surface area contributed by atoms with Crippen LogP contribution in [0, 0.1) is 0 Å². The Kier molecular flexibility index (Phi) is 6.58. The number of likely N-dealkylation sites (tertiary alicyclic amines) is 1. The van der Waals surface area contributed by atoms with E-state index in [0.29, 0.717) is 36.6 Å². The Morgan fingerprint density at radius 1 is 1.15 bits per heavy atom. The number of benzene rings is 1. The molecule has 0 bridgehead atoms. The number of ether oxygens (including phenoxy) is 2. The van der Waals surface area contributed by atoms with E-state index in [2.05, 4.69) is 5.32 Å². The molecule has 1 unspecified atom stereocenters. The lowest BCUT2D eigenvalue weighted by molar-refractivity contribution is -0.121. The fourth-order valence-corrected chi connectivity index (χ4v) is 3.88. The van der Waals surface area contributed by atoms with Crippen molar-refractivity contribution < 1.29 is 19.1 Å². The fraction of sp³-hybridized carbons (Fsp3) is 0.619. The Labute approximate surface area is 161 Å². The molecule has 0 spiro atoms. The monoisotopic (exact) mass is 374 g/mol. The van der Waals surface area contributed by atoms with E-state index in [4.69, 9.17) is 9.47 Å². The van der Waals surface area contributed by atoms with Crippen molar-refractivity contribution in [2.75, 3.05) is 20.2 Å². The average molecular weight is 374 g/mol. The molecule has 2 aliphatic rings. The minimum absolute atomic E-state index is 0.0296. The molecule has 1 N–H and O–H groups in total. The molecule has 27 heavy (non-hydrogen) atoms. The van der Waals surface area contributed by atoms with Crippen LogP contribution in [0.2, 0.25) is 0 Å². The molecule has 148 valence electrons. The third-order valence-corrected chi connectivity index (χ3v) is 5.40. The van der Waals surface area contributed by atoms with Gasteiger partial charge in [-0.05, 0) is 56.7 Å². The van der Waals surface area contributed by atoms with Crippen molar-refractivity contribution in [1.29, 1.82) is 0 Å². The number of methoxy groups -OCH3 is 1. The highest BCUT2D eigenvalue weighted by Crippen LogP contribution is 2.32. The van der Waals surface area contributed by atoms with E-state index >= 15 is 0 Å². The Balaban J connectivity index is 1.67. The summed E-state index contributed by atoms with van der Waals surface area (Å²) < 4.78 is 11.5. The van der Waals surface area contributed by atoms with Gasteiger partial charge >= 0.3 is 0 Å². The van der Waals surface area contributed by atoms with Gasteiger partial charge in [0.05, 0.1) is 13.2 Å². The van der Waals surface area contributed by atoms with Crippen molar-refractivity contribution in [1.82, 2.24) is 10.2 Å². The Morgan fingerprint density at radius 3 is 2.63 bits per heavy atom. The SMILES string of the molecule is CCC(=O)NC1CCCN(C(=O)c2ccc(OC3CCCC3)c(OC)c2)C1. The summed E-state index contributed by atoms with van der Waals surface area (Å²) in [5, 5.41) is 3.00. The van der Waals surface area contributed by atoms with E-state index in [0.717, 1.165) is 25.7 Å². The molecule has 1 saturated heterocycles. The minimum atomic E-state index is -0.0313. The van der Waals surface area contributed by atoms with Crippen molar-refractivity contribution in [2.45, 2.75) is 64.0 Å². The van der Waals surface area contributed by atoms with E-state index in [-0.39, 0.29) is 24.0 Å². The highest BCUT2D eigenvalue weighted by Gasteiger charge is 2.26. The third kappa shape index (κ3) is 4.93. The zero-order chi connectivity index (χ0) is 19.2. The second-order valence-corrected chi connectivity index (χ2v) is 7.40. The van der Waals surface area contributed by atoms with Gasteiger partial charge in [-0.15, -0.1) is 0 Å². The summed E-state index contributed by atoms with van der Waals surface area (Å²) in [7, 11) is 1.60. The maximum atomic E-state index is 12.9. The highest BCUT2D eigenvalue weighted by molar-refractivity contribution is 5.95. The Bertz CT molecular complexity index is 670. The first-order valence-electron chi connectivity index (χ1n) is 10.0. The summed E-state index contributed by atoms with van der Waals surface area (Å²) in [5.74, 6) is 1.30. The molecule has 1 aromatic carbocycles. The van der Waals surface area contributed by atoms with Crippen LogP contribution in [0.1, 0.15) is 62.2 Å². The van der Waals surface area contributed by atoms with Gasteiger partial charge in [-0.3, -0.25) is 9.59 Å². The summed E-state index contributed by atoms with van der Waals surface area (Å²) in [4.78, 5) is 26.4. The Hall–Kier alpha value is -2.24. The average Bonchev–Trinajstić information content (AvgIpc) is 3.21. The van der Waals surface area contributed by atoms with Crippen LogP contribution in [0.5, 0.6) is 11.5 Å². The van der Waals surface area contributed by atoms with Crippen LogP contribution in [-0.2, 0) is 4.79 Å². The number of rotatable bonds is 6. The maximum absolute atomic E-state index is 12.9. The predicted molar refractivity (Wildman–Crippen MR) is 103 cm³/mol. The largest absolute Gasteiger partial charge is 0.493 e. The van der Waals surface area contributed by atoms with Crippen LogP contribution < -0.4 is 14.8 Å². The smallest absolute Gasteiger partial charge is 0.254 e. The van der Waals surface area contributed by atoms with Gasteiger partial charge in [0, 0.05) is 31.1 Å². The molecule has 1 aliphatic heterocycles. The number of piperidine rings is 1. The first kappa shape index (κ1) is 19.5. The number of nitrogens with one attached hydrogen (secondary N) is 1. The van der Waals surface area contributed by atoms with Crippen molar-refractivity contribution in [2.24, 2.45) is 0 Å². The van der Waals surface area contributed by atoms with Crippen LogP contribution in [0.3, 0.4) is 0 Å². The standard InChI is InChI=1S/C21H30N2O4/c1-3-20(24)22-16-7-6-12-23(14-16)21(25)15-10-11-18(19(13-15)26-2)27-17-8-4-5-9-17/h10-11,13,16-17H,3-9,12,14H2,1-2H3,(H,22,24). The summed E-state index contributed by atoms with van der Waals surface area (Å²) in [5.41, 5.74) is 0.591. The number of hydrogen-bond acceptors (Lipinski definition) is 4. The van der Waals surface area contributed by atoms with Crippen molar-refractivity contribution in [3.8, 4) is 11.5 Å². The molecule has 2 amide bonds. The highest BCUT2D eigenvalue weighted by atomic mass is 16.5. The van der Waals surface area contributed by atoms with Crippen LogP contribution in [-0.4, -0.2) is 49.1 Å². The van der Waals surface area contributed by atoms with E-state index in [1.165, 1.54) is 12.8 Å². The summed E-state index contributed by atoms with van der Waals surface area (Å²) in [6.45, 7) is 3.09. The second kappa shape index (κ2) is 9.11. The van der Waals surface area contributed by atoms with Gasteiger partial charge in [0.15, 0.2) is 11.5 Å². The molecule has 2 fully saturated rings.